The van der Waals surface area contributed by atoms with Gasteiger partial charge in [-0.15, -0.1) is 0 Å². The number of hydrogen-bond acceptors (Lipinski definition) is 4. The zero-order chi connectivity index (χ0) is 12.2. The fourth-order valence-corrected chi connectivity index (χ4v) is 3.63. The average Bonchev–Trinajstić information content (AvgIpc) is 2.43. The first-order valence-electron chi connectivity index (χ1n) is 5.84. The molecule has 16 heavy (non-hydrogen) atoms. The van der Waals surface area contributed by atoms with Crippen molar-refractivity contribution in [1.29, 1.82) is 0 Å². The standard InChI is InChI=1S/C11H23NO3S/c1-11(2,3)15-6-5-12-8-10-4-7-16(13,14)9-10/h10,12H,4-9H2,1-3H3. The first-order valence-corrected chi connectivity index (χ1v) is 7.66. The predicted molar refractivity (Wildman–Crippen MR) is 65.3 cm³/mol. The molecule has 0 bridgehead atoms. The van der Waals surface area contributed by atoms with Crippen LogP contribution in [-0.2, 0) is 14.6 Å². The maximum Gasteiger partial charge on any atom is 0.150 e. The van der Waals surface area contributed by atoms with Crippen molar-refractivity contribution in [2.45, 2.75) is 32.8 Å². The Labute approximate surface area is 98.7 Å². The van der Waals surface area contributed by atoms with Gasteiger partial charge in [-0.3, -0.25) is 0 Å². The number of sulfone groups is 1. The van der Waals surface area contributed by atoms with Crippen LogP contribution in [0.5, 0.6) is 0 Å². The molecule has 5 heteroatoms. The number of hydrogen-bond donors (Lipinski definition) is 1. The molecule has 0 aliphatic carbocycles. The van der Waals surface area contributed by atoms with Crippen LogP contribution in [-0.4, -0.2) is 45.2 Å². The summed E-state index contributed by atoms with van der Waals surface area (Å²) in [5.41, 5.74) is -0.0988. The first-order chi connectivity index (χ1) is 7.29. The quantitative estimate of drug-likeness (QED) is 0.733. The monoisotopic (exact) mass is 249 g/mol. The molecule has 1 atom stereocenters. The molecule has 96 valence electrons. The van der Waals surface area contributed by atoms with Crippen molar-refractivity contribution in [2.24, 2.45) is 5.92 Å². The van der Waals surface area contributed by atoms with E-state index in [1.165, 1.54) is 0 Å². The highest BCUT2D eigenvalue weighted by Crippen LogP contribution is 2.17. The van der Waals surface area contributed by atoms with E-state index in [4.69, 9.17) is 4.74 Å². The molecule has 0 aromatic carbocycles. The lowest BCUT2D eigenvalue weighted by Crippen LogP contribution is -2.30. The van der Waals surface area contributed by atoms with Gasteiger partial charge in [0.2, 0.25) is 0 Å². The third kappa shape index (κ3) is 5.82. The Balaban J connectivity index is 2.05. The third-order valence-corrected chi connectivity index (χ3v) is 4.41. The number of nitrogens with one attached hydrogen (secondary N) is 1. The summed E-state index contributed by atoms with van der Waals surface area (Å²) >= 11 is 0. The molecule has 0 saturated carbocycles. The van der Waals surface area contributed by atoms with Crippen LogP contribution in [0.1, 0.15) is 27.2 Å². The molecular formula is C11H23NO3S. The van der Waals surface area contributed by atoms with Crippen molar-refractivity contribution in [3.05, 3.63) is 0 Å². The van der Waals surface area contributed by atoms with Crippen molar-refractivity contribution in [1.82, 2.24) is 5.32 Å². The number of rotatable bonds is 5. The van der Waals surface area contributed by atoms with E-state index in [0.29, 0.717) is 24.0 Å². The molecule has 0 aromatic heterocycles. The maximum absolute atomic E-state index is 11.2. The molecular weight excluding hydrogens is 226 g/mol. The van der Waals surface area contributed by atoms with E-state index in [0.717, 1.165) is 19.5 Å². The first kappa shape index (κ1) is 13.9. The van der Waals surface area contributed by atoms with Crippen molar-refractivity contribution in [3.63, 3.8) is 0 Å². The lowest BCUT2D eigenvalue weighted by Gasteiger charge is -2.19. The predicted octanol–water partition coefficient (Wildman–Crippen LogP) is 0.826. The zero-order valence-electron chi connectivity index (χ0n) is 10.5. The van der Waals surface area contributed by atoms with Gasteiger partial charge in [0.25, 0.3) is 0 Å². The fraction of sp³-hybridized carbons (Fsp3) is 1.00. The van der Waals surface area contributed by atoms with E-state index >= 15 is 0 Å². The summed E-state index contributed by atoms with van der Waals surface area (Å²) in [7, 11) is -2.73. The van der Waals surface area contributed by atoms with Crippen molar-refractivity contribution >= 4 is 9.84 Å². The SMILES string of the molecule is CC(C)(C)OCCNCC1CCS(=O)(=O)C1. The van der Waals surface area contributed by atoms with Crippen molar-refractivity contribution in [3.8, 4) is 0 Å². The molecule has 0 radical (unpaired) electrons. The van der Waals surface area contributed by atoms with E-state index in [2.05, 4.69) is 5.32 Å². The van der Waals surface area contributed by atoms with Crippen molar-refractivity contribution in [2.75, 3.05) is 31.2 Å². The van der Waals surface area contributed by atoms with E-state index < -0.39 is 9.84 Å². The Kier molecular flexibility index (Phi) is 4.76. The molecule has 0 amide bonds. The highest BCUT2D eigenvalue weighted by atomic mass is 32.2. The third-order valence-electron chi connectivity index (χ3n) is 2.57. The van der Waals surface area contributed by atoms with Gasteiger partial charge in [0.05, 0.1) is 23.7 Å². The molecule has 1 saturated heterocycles. The Morgan fingerprint density at radius 1 is 1.38 bits per heavy atom. The largest absolute Gasteiger partial charge is 0.375 e. The van der Waals surface area contributed by atoms with E-state index in [1.54, 1.807) is 0 Å². The van der Waals surface area contributed by atoms with Gasteiger partial charge in [-0.05, 0) is 39.7 Å². The molecule has 4 nitrogen and oxygen atoms in total. The Morgan fingerprint density at radius 3 is 2.56 bits per heavy atom. The molecule has 1 aliphatic rings. The van der Waals surface area contributed by atoms with Crippen LogP contribution in [0.3, 0.4) is 0 Å². The van der Waals surface area contributed by atoms with E-state index in [1.807, 2.05) is 20.8 Å². The van der Waals surface area contributed by atoms with Crippen LogP contribution in [0, 0.1) is 5.92 Å². The van der Waals surface area contributed by atoms with Crippen LogP contribution < -0.4 is 5.32 Å². The minimum absolute atomic E-state index is 0.0988. The van der Waals surface area contributed by atoms with Crippen molar-refractivity contribution < 1.29 is 13.2 Å². The topological polar surface area (TPSA) is 55.4 Å². The second kappa shape index (κ2) is 5.47. The summed E-state index contributed by atoms with van der Waals surface area (Å²) in [4.78, 5) is 0. The van der Waals surface area contributed by atoms with Crippen LogP contribution >= 0.6 is 0 Å². The minimum atomic E-state index is -2.73. The second-order valence-electron chi connectivity index (χ2n) is 5.43. The molecule has 0 spiro atoms. The molecule has 1 rings (SSSR count). The van der Waals surface area contributed by atoms with Gasteiger partial charge in [0, 0.05) is 6.54 Å². The lowest BCUT2D eigenvalue weighted by atomic mass is 10.1. The van der Waals surface area contributed by atoms with Gasteiger partial charge >= 0.3 is 0 Å². The molecule has 1 heterocycles. The van der Waals surface area contributed by atoms with Gasteiger partial charge in [0.1, 0.15) is 0 Å². The van der Waals surface area contributed by atoms with Crippen LogP contribution in [0.4, 0.5) is 0 Å². The van der Waals surface area contributed by atoms with Gasteiger partial charge in [-0.1, -0.05) is 0 Å². The summed E-state index contributed by atoms with van der Waals surface area (Å²) < 4.78 is 28.0. The Hall–Kier alpha value is -0.130. The van der Waals surface area contributed by atoms with E-state index in [-0.39, 0.29) is 5.60 Å². The highest BCUT2D eigenvalue weighted by molar-refractivity contribution is 7.91. The smallest absolute Gasteiger partial charge is 0.150 e. The second-order valence-corrected chi connectivity index (χ2v) is 7.66. The summed E-state index contributed by atoms with van der Waals surface area (Å²) in [6.45, 7) is 8.31. The summed E-state index contributed by atoms with van der Waals surface area (Å²) in [5, 5.41) is 3.25. The molecule has 0 aromatic rings. The van der Waals surface area contributed by atoms with E-state index in [9.17, 15) is 8.42 Å². The Bertz CT molecular complexity index is 306. The van der Waals surface area contributed by atoms with Gasteiger partial charge in [-0.25, -0.2) is 8.42 Å². The van der Waals surface area contributed by atoms with Crippen LogP contribution in [0.15, 0.2) is 0 Å². The molecule has 1 unspecified atom stereocenters. The maximum atomic E-state index is 11.2. The normalized spacial score (nSPS) is 24.8. The molecule has 1 aliphatic heterocycles. The van der Waals surface area contributed by atoms with Crippen LogP contribution in [0.2, 0.25) is 0 Å². The average molecular weight is 249 g/mol. The summed E-state index contributed by atoms with van der Waals surface area (Å²) in [5.74, 6) is 0.998. The van der Waals surface area contributed by atoms with Gasteiger partial charge < -0.3 is 10.1 Å². The zero-order valence-corrected chi connectivity index (χ0v) is 11.3. The minimum Gasteiger partial charge on any atom is -0.375 e. The highest BCUT2D eigenvalue weighted by Gasteiger charge is 2.27. The molecule has 1 N–H and O–H groups in total. The fourth-order valence-electron chi connectivity index (χ4n) is 1.77. The Morgan fingerprint density at radius 2 is 2.06 bits per heavy atom. The summed E-state index contributed by atoms with van der Waals surface area (Å²) in [6.07, 6.45) is 0.801. The van der Waals surface area contributed by atoms with Gasteiger partial charge in [0.15, 0.2) is 9.84 Å². The number of ether oxygens (including phenoxy) is 1. The van der Waals surface area contributed by atoms with Crippen LogP contribution in [0.25, 0.3) is 0 Å². The van der Waals surface area contributed by atoms with Gasteiger partial charge in [-0.2, -0.15) is 0 Å². The lowest BCUT2D eigenvalue weighted by molar-refractivity contribution is -0.000942. The summed E-state index contributed by atoms with van der Waals surface area (Å²) in [6, 6.07) is 0. The molecule has 1 fully saturated rings.